The fourth-order valence-corrected chi connectivity index (χ4v) is 1.31. The van der Waals surface area contributed by atoms with Crippen molar-refractivity contribution in [2.24, 2.45) is 4.99 Å². The second-order valence-electron chi connectivity index (χ2n) is 1.61. The first kappa shape index (κ1) is 7.65. The molecule has 1 nitrogen and oxygen atoms in total. The zero-order chi connectivity index (χ0) is 7.56. The van der Waals surface area contributed by atoms with Crippen LogP contribution >= 0.6 is 11.8 Å². The predicted molar refractivity (Wildman–Crippen MR) is 35.1 cm³/mol. The molecule has 0 aliphatic carbocycles. The number of nitrogens with zero attached hydrogens (tertiary/aromatic N) is 1. The predicted octanol–water partition coefficient (Wildman–Crippen LogP) is 2.21. The minimum absolute atomic E-state index is 0.167. The van der Waals surface area contributed by atoms with Crippen LogP contribution < -0.4 is 0 Å². The Balaban J connectivity index is 2.74. The molecule has 0 aromatic heterocycles. The van der Waals surface area contributed by atoms with Gasteiger partial charge >= 0.3 is 6.08 Å². The highest BCUT2D eigenvalue weighted by Crippen LogP contribution is 2.22. The number of thioether (sulfide) groups is 1. The standard InChI is InChI=1S/C5H4F3NS/c6-3(4(7)8)5-9-1-2-10-5/h1-2H2. The molecule has 1 aliphatic heterocycles. The summed E-state index contributed by atoms with van der Waals surface area (Å²) in [5.74, 6) is -0.877. The lowest BCUT2D eigenvalue weighted by molar-refractivity contribution is 0.391. The maximum atomic E-state index is 12.2. The number of rotatable bonds is 1. The van der Waals surface area contributed by atoms with E-state index in [-0.39, 0.29) is 5.04 Å². The molecule has 0 saturated heterocycles. The van der Waals surface area contributed by atoms with Gasteiger partial charge in [0, 0.05) is 12.3 Å². The second kappa shape index (κ2) is 3.09. The van der Waals surface area contributed by atoms with Gasteiger partial charge in [0.2, 0.25) is 5.83 Å². The molecule has 0 spiro atoms. The first-order valence-corrected chi connectivity index (χ1v) is 3.59. The van der Waals surface area contributed by atoms with Gasteiger partial charge in [0.15, 0.2) is 0 Å². The van der Waals surface area contributed by atoms with E-state index in [1.54, 1.807) is 0 Å². The molecule has 1 heterocycles. The largest absolute Gasteiger partial charge is 0.308 e. The van der Waals surface area contributed by atoms with Gasteiger partial charge in [0.25, 0.3) is 0 Å². The monoisotopic (exact) mass is 167 g/mol. The van der Waals surface area contributed by atoms with E-state index in [1.165, 1.54) is 0 Å². The van der Waals surface area contributed by atoms with Crippen molar-refractivity contribution in [3.05, 3.63) is 11.9 Å². The molecule has 0 unspecified atom stereocenters. The Kier molecular flexibility index (Phi) is 2.37. The number of hydrogen-bond acceptors (Lipinski definition) is 2. The quantitative estimate of drug-likeness (QED) is 0.583. The van der Waals surface area contributed by atoms with E-state index in [1.807, 2.05) is 0 Å². The third kappa shape index (κ3) is 1.53. The van der Waals surface area contributed by atoms with E-state index in [4.69, 9.17) is 0 Å². The molecule has 0 atom stereocenters. The molecule has 0 aromatic carbocycles. The van der Waals surface area contributed by atoms with Crippen LogP contribution in [-0.4, -0.2) is 17.3 Å². The van der Waals surface area contributed by atoms with Crippen LogP contribution in [0.15, 0.2) is 16.9 Å². The van der Waals surface area contributed by atoms with Gasteiger partial charge < -0.3 is 0 Å². The lowest BCUT2D eigenvalue weighted by Crippen LogP contribution is -1.88. The Morgan fingerprint density at radius 2 is 2.10 bits per heavy atom. The maximum absolute atomic E-state index is 12.2. The fraction of sp³-hybridized carbons (Fsp3) is 0.400. The lowest BCUT2D eigenvalue weighted by Gasteiger charge is -1.90. The van der Waals surface area contributed by atoms with Gasteiger partial charge in [0.05, 0.1) is 0 Å². The summed E-state index contributed by atoms with van der Waals surface area (Å²) >= 11 is 1.02. The van der Waals surface area contributed by atoms with Gasteiger partial charge in [-0.3, -0.25) is 4.99 Å². The first-order chi connectivity index (χ1) is 4.72. The molecule has 0 fully saturated rings. The van der Waals surface area contributed by atoms with Crippen molar-refractivity contribution in [1.82, 2.24) is 0 Å². The summed E-state index contributed by atoms with van der Waals surface area (Å²) in [4.78, 5) is 3.52. The summed E-state index contributed by atoms with van der Waals surface area (Å²) in [5, 5.41) is -0.167. The van der Waals surface area contributed by atoms with Crippen molar-refractivity contribution in [2.75, 3.05) is 12.3 Å². The Morgan fingerprint density at radius 1 is 1.40 bits per heavy atom. The topological polar surface area (TPSA) is 12.4 Å². The zero-order valence-electron chi connectivity index (χ0n) is 4.90. The fourth-order valence-electron chi connectivity index (χ4n) is 0.549. The van der Waals surface area contributed by atoms with E-state index in [0.717, 1.165) is 11.8 Å². The molecule has 5 heteroatoms. The average Bonchev–Trinajstić information content (AvgIpc) is 2.36. The van der Waals surface area contributed by atoms with Gasteiger partial charge in [-0.2, -0.15) is 13.2 Å². The number of hydrogen-bond donors (Lipinski definition) is 0. The highest BCUT2D eigenvalue weighted by Gasteiger charge is 2.16. The third-order valence-corrected chi connectivity index (χ3v) is 1.91. The molecular weight excluding hydrogens is 163 g/mol. The maximum Gasteiger partial charge on any atom is 0.308 e. The lowest BCUT2D eigenvalue weighted by atomic mass is 10.6. The van der Waals surface area contributed by atoms with Gasteiger partial charge in [0.1, 0.15) is 5.04 Å². The van der Waals surface area contributed by atoms with Crippen LogP contribution in [0.25, 0.3) is 0 Å². The summed E-state index contributed by atoms with van der Waals surface area (Å²) in [6.45, 7) is 0.431. The van der Waals surface area contributed by atoms with Gasteiger partial charge in [-0.25, -0.2) is 0 Å². The van der Waals surface area contributed by atoms with Crippen LogP contribution in [0.2, 0.25) is 0 Å². The van der Waals surface area contributed by atoms with Crippen LogP contribution in [0.3, 0.4) is 0 Å². The van der Waals surface area contributed by atoms with Gasteiger partial charge in [-0.05, 0) is 0 Å². The van der Waals surface area contributed by atoms with Gasteiger partial charge in [-0.15, -0.1) is 11.8 Å². The van der Waals surface area contributed by atoms with Crippen LogP contribution in [0, 0.1) is 0 Å². The van der Waals surface area contributed by atoms with E-state index < -0.39 is 11.9 Å². The van der Waals surface area contributed by atoms with Crippen molar-refractivity contribution >= 4 is 16.8 Å². The van der Waals surface area contributed by atoms with Crippen molar-refractivity contribution in [2.45, 2.75) is 0 Å². The minimum Gasteiger partial charge on any atom is -0.274 e. The highest BCUT2D eigenvalue weighted by molar-refractivity contribution is 8.14. The third-order valence-electron chi connectivity index (χ3n) is 0.939. The van der Waals surface area contributed by atoms with Crippen molar-refractivity contribution in [3.63, 3.8) is 0 Å². The van der Waals surface area contributed by atoms with Crippen LogP contribution in [0.1, 0.15) is 0 Å². The van der Waals surface area contributed by atoms with Crippen LogP contribution in [0.5, 0.6) is 0 Å². The Morgan fingerprint density at radius 3 is 2.50 bits per heavy atom. The highest BCUT2D eigenvalue weighted by atomic mass is 32.2. The minimum atomic E-state index is -2.28. The van der Waals surface area contributed by atoms with E-state index >= 15 is 0 Å². The molecule has 0 N–H and O–H groups in total. The Bertz CT molecular complexity index is 195. The van der Waals surface area contributed by atoms with Gasteiger partial charge in [-0.1, -0.05) is 0 Å². The van der Waals surface area contributed by atoms with Crippen molar-refractivity contribution in [3.8, 4) is 0 Å². The number of aliphatic imine (C=N–C) groups is 1. The molecule has 0 amide bonds. The van der Waals surface area contributed by atoms with E-state index in [9.17, 15) is 13.2 Å². The molecule has 1 aliphatic rings. The summed E-state index contributed by atoms with van der Waals surface area (Å²) in [5.41, 5.74) is 0. The Labute approximate surface area is 60.0 Å². The van der Waals surface area contributed by atoms with E-state index in [2.05, 4.69) is 4.99 Å². The molecular formula is C5H4F3NS. The zero-order valence-corrected chi connectivity index (χ0v) is 5.72. The van der Waals surface area contributed by atoms with Crippen LogP contribution in [-0.2, 0) is 0 Å². The summed E-state index contributed by atoms with van der Waals surface area (Å²) in [7, 11) is 0. The molecule has 10 heavy (non-hydrogen) atoms. The molecule has 0 radical (unpaired) electrons. The summed E-state index contributed by atoms with van der Waals surface area (Å²) in [6, 6.07) is 0. The smallest absolute Gasteiger partial charge is 0.274 e. The summed E-state index contributed by atoms with van der Waals surface area (Å²) < 4.78 is 35.2. The normalized spacial score (nSPS) is 16.9. The number of halogens is 3. The molecule has 1 rings (SSSR count). The average molecular weight is 167 g/mol. The summed E-state index contributed by atoms with van der Waals surface area (Å²) in [6.07, 6.45) is -2.28. The molecule has 0 aromatic rings. The SMILES string of the molecule is FC(F)=C(F)C1=NCCS1. The first-order valence-electron chi connectivity index (χ1n) is 2.60. The molecule has 0 bridgehead atoms. The molecule has 0 saturated carbocycles. The van der Waals surface area contributed by atoms with Crippen molar-refractivity contribution in [1.29, 1.82) is 0 Å². The van der Waals surface area contributed by atoms with Crippen LogP contribution in [0.4, 0.5) is 13.2 Å². The molecule has 56 valence electrons. The van der Waals surface area contributed by atoms with Crippen molar-refractivity contribution < 1.29 is 13.2 Å². The second-order valence-corrected chi connectivity index (χ2v) is 2.69. The van der Waals surface area contributed by atoms with E-state index in [0.29, 0.717) is 12.3 Å². The Hall–Kier alpha value is -0.450.